The Morgan fingerprint density at radius 2 is 1.77 bits per heavy atom. The van der Waals surface area contributed by atoms with Crippen molar-refractivity contribution < 1.29 is 23.9 Å². The molecule has 30 heavy (non-hydrogen) atoms. The molecule has 1 aliphatic heterocycles. The quantitative estimate of drug-likeness (QED) is 0.645. The van der Waals surface area contributed by atoms with E-state index in [1.165, 1.54) is 0 Å². The molecule has 8 nitrogen and oxygen atoms in total. The van der Waals surface area contributed by atoms with Crippen molar-refractivity contribution >= 4 is 23.4 Å². The predicted molar refractivity (Wildman–Crippen MR) is 112 cm³/mol. The van der Waals surface area contributed by atoms with Crippen molar-refractivity contribution in [2.75, 3.05) is 31.6 Å². The minimum absolute atomic E-state index is 0.152. The van der Waals surface area contributed by atoms with Gasteiger partial charge in [0.15, 0.2) is 6.10 Å². The number of hydrogen-bond donors (Lipinski definition) is 2. The zero-order valence-corrected chi connectivity index (χ0v) is 17.0. The number of hydrogen-bond acceptors (Lipinski definition) is 5. The smallest absolute Gasteiger partial charge is 0.267 e. The van der Waals surface area contributed by atoms with Crippen LogP contribution in [0.2, 0.25) is 0 Å². The zero-order chi connectivity index (χ0) is 21.5. The van der Waals surface area contributed by atoms with E-state index >= 15 is 0 Å². The van der Waals surface area contributed by atoms with Crippen molar-refractivity contribution in [1.82, 2.24) is 10.6 Å². The van der Waals surface area contributed by atoms with Gasteiger partial charge in [-0.25, -0.2) is 0 Å². The summed E-state index contributed by atoms with van der Waals surface area (Å²) >= 11 is 0. The molecule has 2 aromatic rings. The summed E-state index contributed by atoms with van der Waals surface area (Å²) in [6, 6.07) is 14.0. The Bertz CT molecular complexity index is 913. The van der Waals surface area contributed by atoms with Gasteiger partial charge in [0.05, 0.1) is 12.8 Å². The molecule has 158 valence electrons. The van der Waals surface area contributed by atoms with Gasteiger partial charge >= 0.3 is 0 Å². The predicted octanol–water partition coefficient (Wildman–Crippen LogP) is 1.75. The number of nitrogens with one attached hydrogen (secondary N) is 2. The molecule has 0 bridgehead atoms. The number of carbonyl (C=O) groups excluding carboxylic acids is 3. The van der Waals surface area contributed by atoms with Gasteiger partial charge in [-0.3, -0.25) is 14.4 Å². The lowest BCUT2D eigenvalue weighted by atomic mass is 10.1. The number of ether oxygens (including phenoxy) is 2. The highest BCUT2D eigenvalue weighted by Gasteiger charge is 2.31. The summed E-state index contributed by atoms with van der Waals surface area (Å²) in [5.41, 5.74) is 1.18. The van der Waals surface area contributed by atoms with Crippen LogP contribution in [0, 0.1) is 0 Å². The molecule has 0 radical (unpaired) electrons. The van der Waals surface area contributed by atoms with Crippen molar-refractivity contribution in [1.29, 1.82) is 0 Å². The SMILES string of the molecule is COc1ccc(C(=O)NCCNC(=O)CCN2C(=O)C(C)Oc3ccccc32)cc1. The van der Waals surface area contributed by atoms with E-state index in [9.17, 15) is 14.4 Å². The normalized spacial score (nSPS) is 15.1. The van der Waals surface area contributed by atoms with Gasteiger partial charge in [-0.2, -0.15) is 0 Å². The summed E-state index contributed by atoms with van der Waals surface area (Å²) in [6.45, 7) is 2.54. The summed E-state index contributed by atoms with van der Waals surface area (Å²) in [7, 11) is 1.56. The van der Waals surface area contributed by atoms with Crippen molar-refractivity contribution in [3.8, 4) is 11.5 Å². The van der Waals surface area contributed by atoms with Gasteiger partial charge in [-0.05, 0) is 43.3 Å². The van der Waals surface area contributed by atoms with Crippen molar-refractivity contribution in [3.63, 3.8) is 0 Å². The monoisotopic (exact) mass is 411 g/mol. The molecule has 8 heteroatoms. The molecule has 0 spiro atoms. The van der Waals surface area contributed by atoms with E-state index in [2.05, 4.69) is 10.6 Å². The van der Waals surface area contributed by atoms with E-state index in [0.717, 1.165) is 0 Å². The molecule has 0 saturated heterocycles. The van der Waals surface area contributed by atoms with Crippen LogP contribution in [-0.2, 0) is 9.59 Å². The van der Waals surface area contributed by atoms with Crippen LogP contribution in [0.25, 0.3) is 0 Å². The average Bonchev–Trinajstić information content (AvgIpc) is 2.77. The molecule has 1 heterocycles. The molecule has 0 aliphatic carbocycles. The minimum Gasteiger partial charge on any atom is -0.497 e. The first-order valence-corrected chi connectivity index (χ1v) is 9.75. The minimum atomic E-state index is -0.587. The standard InChI is InChI=1S/C22H25N3O5/c1-15-22(28)25(18-5-3-4-6-19(18)30-15)14-11-20(26)23-12-13-24-21(27)16-7-9-17(29-2)10-8-16/h3-10,15H,11-14H2,1-2H3,(H,23,26)(H,24,27). The number of rotatable bonds is 8. The number of anilines is 1. The van der Waals surface area contributed by atoms with Gasteiger partial charge in [0, 0.05) is 31.6 Å². The Balaban J connectivity index is 1.42. The lowest BCUT2D eigenvalue weighted by Crippen LogP contribution is -2.46. The number of para-hydroxylation sites is 2. The summed E-state index contributed by atoms with van der Waals surface area (Å²) in [4.78, 5) is 38.3. The van der Waals surface area contributed by atoms with Crippen LogP contribution in [0.4, 0.5) is 5.69 Å². The van der Waals surface area contributed by atoms with Gasteiger partial charge in [-0.1, -0.05) is 12.1 Å². The maximum absolute atomic E-state index is 12.4. The van der Waals surface area contributed by atoms with Crippen LogP contribution in [0.3, 0.4) is 0 Å². The second-order valence-corrected chi connectivity index (χ2v) is 6.80. The van der Waals surface area contributed by atoms with E-state index < -0.39 is 6.10 Å². The van der Waals surface area contributed by atoms with Crippen molar-refractivity contribution in [2.24, 2.45) is 0 Å². The highest BCUT2D eigenvalue weighted by atomic mass is 16.5. The topological polar surface area (TPSA) is 97.0 Å². The van der Waals surface area contributed by atoms with E-state index in [4.69, 9.17) is 9.47 Å². The molecule has 2 aromatic carbocycles. The molecular formula is C22H25N3O5. The van der Waals surface area contributed by atoms with Gasteiger partial charge in [0.25, 0.3) is 11.8 Å². The summed E-state index contributed by atoms with van der Waals surface area (Å²) < 4.78 is 10.7. The lowest BCUT2D eigenvalue weighted by molar-refractivity contribution is -0.125. The molecule has 2 N–H and O–H groups in total. The average molecular weight is 411 g/mol. The maximum atomic E-state index is 12.4. The van der Waals surface area contributed by atoms with Crippen LogP contribution >= 0.6 is 0 Å². The second-order valence-electron chi connectivity index (χ2n) is 6.80. The second kappa shape index (κ2) is 9.78. The van der Waals surface area contributed by atoms with Crippen molar-refractivity contribution in [3.05, 3.63) is 54.1 Å². The number of fused-ring (bicyclic) bond motifs is 1. The number of carbonyl (C=O) groups is 3. The lowest BCUT2D eigenvalue weighted by Gasteiger charge is -2.32. The summed E-state index contributed by atoms with van der Waals surface area (Å²) in [5.74, 6) is 0.712. The molecule has 3 rings (SSSR count). The zero-order valence-electron chi connectivity index (χ0n) is 17.0. The molecule has 1 unspecified atom stereocenters. The van der Waals surface area contributed by atoms with E-state index in [0.29, 0.717) is 35.8 Å². The summed E-state index contributed by atoms with van der Waals surface area (Å²) in [5, 5.41) is 5.50. The third-order valence-electron chi connectivity index (χ3n) is 4.72. The number of amides is 3. The largest absolute Gasteiger partial charge is 0.497 e. The fraction of sp³-hybridized carbons (Fsp3) is 0.318. The third-order valence-corrected chi connectivity index (χ3v) is 4.72. The van der Waals surface area contributed by atoms with Crippen molar-refractivity contribution in [2.45, 2.75) is 19.4 Å². The first-order valence-electron chi connectivity index (χ1n) is 9.75. The Morgan fingerprint density at radius 3 is 2.50 bits per heavy atom. The van der Waals surface area contributed by atoms with Crippen LogP contribution < -0.4 is 25.0 Å². The van der Waals surface area contributed by atoms with E-state index in [1.54, 1.807) is 55.3 Å². The molecule has 0 saturated carbocycles. The highest BCUT2D eigenvalue weighted by Crippen LogP contribution is 2.33. The van der Waals surface area contributed by atoms with Crippen LogP contribution in [-0.4, -0.2) is 50.6 Å². The summed E-state index contributed by atoms with van der Waals surface area (Å²) in [6.07, 6.45) is -0.435. The maximum Gasteiger partial charge on any atom is 0.267 e. The fourth-order valence-corrected chi connectivity index (χ4v) is 3.11. The number of benzene rings is 2. The Labute approximate surface area is 175 Å². The van der Waals surface area contributed by atoms with E-state index in [1.807, 2.05) is 12.1 Å². The molecular weight excluding hydrogens is 386 g/mol. The first kappa shape index (κ1) is 21.2. The molecule has 0 aromatic heterocycles. The van der Waals surface area contributed by atoms with Gasteiger partial charge in [0.2, 0.25) is 5.91 Å². The molecule has 0 fully saturated rings. The van der Waals surface area contributed by atoms with Crippen LogP contribution in [0.15, 0.2) is 48.5 Å². The highest BCUT2D eigenvalue weighted by molar-refractivity contribution is 6.00. The first-order chi connectivity index (χ1) is 14.5. The molecule has 1 atom stereocenters. The van der Waals surface area contributed by atoms with Gasteiger partial charge in [-0.15, -0.1) is 0 Å². The fourth-order valence-electron chi connectivity index (χ4n) is 3.11. The van der Waals surface area contributed by atoms with E-state index in [-0.39, 0.29) is 30.7 Å². The Hall–Kier alpha value is -3.55. The number of methoxy groups -OCH3 is 1. The van der Waals surface area contributed by atoms with Crippen LogP contribution in [0.1, 0.15) is 23.7 Å². The van der Waals surface area contributed by atoms with Gasteiger partial charge in [0.1, 0.15) is 11.5 Å². The molecule has 3 amide bonds. The Kier molecular flexibility index (Phi) is 6.90. The van der Waals surface area contributed by atoms with Gasteiger partial charge < -0.3 is 25.0 Å². The third kappa shape index (κ3) is 5.08. The van der Waals surface area contributed by atoms with Crippen LogP contribution in [0.5, 0.6) is 11.5 Å². The Morgan fingerprint density at radius 1 is 1.07 bits per heavy atom. The molecule has 1 aliphatic rings. The number of nitrogens with zero attached hydrogens (tertiary/aromatic N) is 1.